The lowest BCUT2D eigenvalue weighted by atomic mass is 10.2. The predicted molar refractivity (Wildman–Crippen MR) is 70.5 cm³/mol. The summed E-state index contributed by atoms with van der Waals surface area (Å²) >= 11 is 1.64. The highest BCUT2D eigenvalue weighted by Gasteiger charge is 2.08. The third-order valence-corrected chi connectivity index (χ3v) is 3.58. The fraction of sp³-hybridized carbons (Fsp3) is 0.250. The van der Waals surface area contributed by atoms with Crippen LogP contribution in [-0.4, -0.2) is 12.0 Å². The molecule has 1 heterocycles. The van der Waals surface area contributed by atoms with E-state index in [0.29, 0.717) is 0 Å². The summed E-state index contributed by atoms with van der Waals surface area (Å²) in [5.41, 5.74) is 9.93. The molecule has 0 aliphatic heterocycles. The molecule has 2 rings (SSSR count). The van der Waals surface area contributed by atoms with Crippen LogP contribution in [0.4, 0.5) is 16.5 Å². The average molecular weight is 233 g/mol. The van der Waals surface area contributed by atoms with Crippen LogP contribution in [0.2, 0.25) is 0 Å². The second kappa shape index (κ2) is 4.14. The van der Waals surface area contributed by atoms with Crippen molar-refractivity contribution >= 4 is 27.8 Å². The number of aromatic nitrogens is 1. The molecule has 0 atom stereocenters. The molecule has 0 bridgehead atoms. The molecule has 0 saturated carbocycles. The number of benzene rings is 1. The van der Waals surface area contributed by atoms with Gasteiger partial charge in [0.25, 0.3) is 0 Å². The molecule has 1 aromatic heterocycles. The quantitative estimate of drug-likeness (QED) is 0.810. The Morgan fingerprint density at radius 1 is 1.31 bits per heavy atom. The fourth-order valence-corrected chi connectivity index (χ4v) is 2.23. The standard InChI is InChI=1S/C12H15N3S/c1-8-4-5-10(6-11(8)13)15(3)12-14-9(2)7-16-12/h4-7H,13H2,1-3H3. The van der Waals surface area contributed by atoms with Crippen LogP contribution in [0.15, 0.2) is 23.6 Å². The molecule has 3 nitrogen and oxygen atoms in total. The lowest BCUT2D eigenvalue weighted by Gasteiger charge is -2.16. The van der Waals surface area contributed by atoms with Gasteiger partial charge in [-0.05, 0) is 31.5 Å². The molecule has 2 N–H and O–H groups in total. The van der Waals surface area contributed by atoms with E-state index in [1.54, 1.807) is 11.3 Å². The maximum atomic E-state index is 5.90. The Morgan fingerprint density at radius 2 is 2.06 bits per heavy atom. The summed E-state index contributed by atoms with van der Waals surface area (Å²) in [7, 11) is 2.00. The summed E-state index contributed by atoms with van der Waals surface area (Å²) in [4.78, 5) is 6.49. The number of nitrogen functional groups attached to an aromatic ring is 1. The molecule has 4 heteroatoms. The minimum atomic E-state index is 0.817. The molecule has 0 aliphatic carbocycles. The van der Waals surface area contributed by atoms with E-state index >= 15 is 0 Å². The van der Waals surface area contributed by atoms with Crippen molar-refractivity contribution in [3.8, 4) is 0 Å². The van der Waals surface area contributed by atoms with Crippen LogP contribution >= 0.6 is 11.3 Å². The third-order valence-electron chi connectivity index (χ3n) is 2.54. The maximum absolute atomic E-state index is 5.90. The summed E-state index contributed by atoms with van der Waals surface area (Å²) in [6.45, 7) is 4.00. The number of thiazole rings is 1. The van der Waals surface area contributed by atoms with E-state index in [-0.39, 0.29) is 0 Å². The number of nitrogens with two attached hydrogens (primary N) is 1. The van der Waals surface area contributed by atoms with Crippen molar-refractivity contribution in [2.24, 2.45) is 0 Å². The molecular formula is C12H15N3S. The van der Waals surface area contributed by atoms with Gasteiger partial charge in [-0.1, -0.05) is 6.07 Å². The Bertz CT molecular complexity index is 505. The SMILES string of the molecule is Cc1csc(N(C)c2ccc(C)c(N)c2)n1. The van der Waals surface area contributed by atoms with Gasteiger partial charge in [0, 0.05) is 23.8 Å². The highest BCUT2D eigenvalue weighted by atomic mass is 32.1. The van der Waals surface area contributed by atoms with E-state index < -0.39 is 0 Å². The number of hydrogen-bond donors (Lipinski definition) is 1. The number of aryl methyl sites for hydroxylation is 2. The van der Waals surface area contributed by atoms with Crippen LogP contribution in [0.1, 0.15) is 11.3 Å². The Morgan fingerprint density at radius 3 is 2.62 bits per heavy atom. The van der Waals surface area contributed by atoms with Gasteiger partial charge >= 0.3 is 0 Å². The molecule has 0 saturated heterocycles. The lowest BCUT2D eigenvalue weighted by molar-refractivity contribution is 1.14. The predicted octanol–water partition coefficient (Wildman–Crippen LogP) is 3.11. The van der Waals surface area contributed by atoms with E-state index in [2.05, 4.69) is 11.1 Å². The van der Waals surface area contributed by atoms with E-state index in [1.165, 1.54) is 0 Å². The molecule has 0 spiro atoms. The van der Waals surface area contributed by atoms with Crippen molar-refractivity contribution < 1.29 is 0 Å². The van der Waals surface area contributed by atoms with Gasteiger partial charge in [0.05, 0.1) is 5.69 Å². The Balaban J connectivity index is 2.33. The summed E-state index contributed by atoms with van der Waals surface area (Å²) in [5.74, 6) is 0. The number of rotatable bonds is 2. The first-order valence-electron chi connectivity index (χ1n) is 5.10. The van der Waals surface area contributed by atoms with E-state index in [1.807, 2.05) is 43.3 Å². The summed E-state index contributed by atoms with van der Waals surface area (Å²) < 4.78 is 0. The molecule has 0 unspecified atom stereocenters. The molecule has 0 radical (unpaired) electrons. The zero-order valence-corrected chi connectivity index (χ0v) is 10.5. The molecule has 84 valence electrons. The van der Waals surface area contributed by atoms with Crippen LogP contribution < -0.4 is 10.6 Å². The Labute approximate surface area is 99.5 Å². The van der Waals surface area contributed by atoms with Crippen LogP contribution in [-0.2, 0) is 0 Å². The van der Waals surface area contributed by atoms with Gasteiger partial charge in [0.15, 0.2) is 5.13 Å². The molecule has 16 heavy (non-hydrogen) atoms. The van der Waals surface area contributed by atoms with E-state index in [0.717, 1.165) is 27.8 Å². The molecule has 0 aliphatic rings. The van der Waals surface area contributed by atoms with Crippen molar-refractivity contribution in [3.63, 3.8) is 0 Å². The van der Waals surface area contributed by atoms with Crippen LogP contribution in [0.5, 0.6) is 0 Å². The van der Waals surface area contributed by atoms with Crippen molar-refractivity contribution in [3.05, 3.63) is 34.8 Å². The second-order valence-corrected chi connectivity index (χ2v) is 4.71. The van der Waals surface area contributed by atoms with Gasteiger partial charge in [0.2, 0.25) is 0 Å². The van der Waals surface area contributed by atoms with Gasteiger partial charge in [-0.15, -0.1) is 11.3 Å². The highest BCUT2D eigenvalue weighted by molar-refractivity contribution is 7.13. The first kappa shape index (κ1) is 11.0. The summed E-state index contributed by atoms with van der Waals surface area (Å²) in [5, 5.41) is 3.03. The van der Waals surface area contributed by atoms with Gasteiger partial charge in [-0.25, -0.2) is 4.98 Å². The third kappa shape index (κ3) is 2.02. The van der Waals surface area contributed by atoms with Crippen molar-refractivity contribution in [2.45, 2.75) is 13.8 Å². The molecule has 1 aromatic carbocycles. The molecule has 0 amide bonds. The summed E-state index contributed by atoms with van der Waals surface area (Å²) in [6, 6.07) is 6.07. The monoisotopic (exact) mass is 233 g/mol. The number of anilines is 3. The average Bonchev–Trinajstić information content (AvgIpc) is 2.68. The van der Waals surface area contributed by atoms with Gasteiger partial charge in [-0.3, -0.25) is 0 Å². The first-order valence-corrected chi connectivity index (χ1v) is 5.98. The van der Waals surface area contributed by atoms with Gasteiger partial charge < -0.3 is 10.6 Å². The smallest absolute Gasteiger partial charge is 0.189 e. The number of nitrogens with zero attached hydrogens (tertiary/aromatic N) is 2. The lowest BCUT2D eigenvalue weighted by Crippen LogP contribution is -2.09. The number of hydrogen-bond acceptors (Lipinski definition) is 4. The highest BCUT2D eigenvalue weighted by Crippen LogP contribution is 2.28. The second-order valence-electron chi connectivity index (χ2n) is 3.87. The van der Waals surface area contributed by atoms with E-state index in [4.69, 9.17) is 5.73 Å². The van der Waals surface area contributed by atoms with Gasteiger partial charge in [-0.2, -0.15) is 0 Å². The van der Waals surface area contributed by atoms with Crippen LogP contribution in [0, 0.1) is 13.8 Å². The zero-order chi connectivity index (χ0) is 11.7. The largest absolute Gasteiger partial charge is 0.398 e. The van der Waals surface area contributed by atoms with Crippen LogP contribution in [0.3, 0.4) is 0 Å². The van der Waals surface area contributed by atoms with Crippen LogP contribution in [0.25, 0.3) is 0 Å². The van der Waals surface area contributed by atoms with Gasteiger partial charge in [0.1, 0.15) is 0 Å². The minimum absolute atomic E-state index is 0.817. The van der Waals surface area contributed by atoms with E-state index in [9.17, 15) is 0 Å². The molecule has 0 fully saturated rings. The first-order chi connectivity index (χ1) is 7.58. The topological polar surface area (TPSA) is 42.1 Å². The molecular weight excluding hydrogens is 218 g/mol. The Hall–Kier alpha value is -1.55. The zero-order valence-electron chi connectivity index (χ0n) is 9.69. The summed E-state index contributed by atoms with van der Waals surface area (Å²) in [6.07, 6.45) is 0. The van der Waals surface area contributed by atoms with Crippen molar-refractivity contribution in [1.82, 2.24) is 4.98 Å². The minimum Gasteiger partial charge on any atom is -0.398 e. The molecule has 2 aromatic rings. The van der Waals surface area contributed by atoms with Crippen molar-refractivity contribution in [2.75, 3.05) is 17.7 Å². The fourth-order valence-electron chi connectivity index (χ4n) is 1.44. The Kier molecular flexibility index (Phi) is 2.83. The normalized spacial score (nSPS) is 10.4. The maximum Gasteiger partial charge on any atom is 0.189 e. The van der Waals surface area contributed by atoms with Crippen molar-refractivity contribution in [1.29, 1.82) is 0 Å².